The normalized spacial score (nSPS) is 12.0. The van der Waals surface area contributed by atoms with Crippen molar-refractivity contribution in [2.24, 2.45) is 0 Å². The van der Waals surface area contributed by atoms with Crippen LogP contribution in [0.2, 0.25) is 0 Å². The molecule has 0 bridgehead atoms. The number of fused-ring (bicyclic) bond motifs is 2. The average Bonchev–Trinajstić information content (AvgIpc) is 3.26. The first-order valence-electron chi connectivity index (χ1n) is 9.10. The molecule has 5 rings (SSSR count). The summed E-state index contributed by atoms with van der Waals surface area (Å²) in [4.78, 5) is 25.2. The Labute approximate surface area is 196 Å². The summed E-state index contributed by atoms with van der Waals surface area (Å²) in [6, 6.07) is 10.2. The number of hydrogen-bond donors (Lipinski definition) is 4. The van der Waals surface area contributed by atoms with Crippen LogP contribution in [-0.4, -0.2) is 64.8 Å². The van der Waals surface area contributed by atoms with E-state index in [4.69, 9.17) is 0 Å². The topological polar surface area (TPSA) is 159 Å². The summed E-state index contributed by atoms with van der Waals surface area (Å²) in [6.45, 7) is 0. The fourth-order valence-electron chi connectivity index (χ4n) is 3.26. The number of nitrogens with zero attached hydrogens (tertiary/aromatic N) is 2. The van der Waals surface area contributed by atoms with E-state index in [9.17, 15) is 38.4 Å². The van der Waals surface area contributed by atoms with Gasteiger partial charge >= 0.3 is 197 Å². The van der Waals surface area contributed by atoms with Crippen molar-refractivity contribution in [2.75, 3.05) is 0 Å². The van der Waals surface area contributed by atoms with Gasteiger partial charge in [-0.3, -0.25) is 0 Å². The van der Waals surface area contributed by atoms with Crippen molar-refractivity contribution in [1.29, 1.82) is 0 Å². The Hall–Kier alpha value is -3.21. The molecule has 0 unspecified atom stereocenters. The molecule has 0 aliphatic rings. The maximum absolute atomic E-state index is 13.1. The van der Waals surface area contributed by atoms with Gasteiger partial charge in [-0.1, -0.05) is 0 Å². The van der Waals surface area contributed by atoms with Gasteiger partial charge in [-0.25, -0.2) is 0 Å². The Morgan fingerprint density at radius 1 is 0.667 bits per heavy atom. The Bertz CT molecular complexity index is 1810. The van der Waals surface area contributed by atoms with Crippen molar-refractivity contribution >= 4 is 58.8 Å². The molecule has 5 aromatic rings. The molecular weight excluding hydrogens is 586 g/mol. The van der Waals surface area contributed by atoms with Crippen molar-refractivity contribution in [3.8, 4) is 28.7 Å². The van der Waals surface area contributed by atoms with E-state index in [2.05, 4.69) is 0 Å². The van der Waals surface area contributed by atoms with E-state index in [1.807, 2.05) is 0 Å². The summed E-state index contributed by atoms with van der Waals surface area (Å²) in [5.74, 6) is -1.68. The monoisotopic (exact) mass is 600 g/mol. The van der Waals surface area contributed by atoms with Gasteiger partial charge in [0.1, 0.15) is 0 Å². The predicted octanol–water partition coefficient (Wildman–Crippen LogP) is 0.479. The molecule has 0 fully saturated rings. The van der Waals surface area contributed by atoms with Crippen LogP contribution in [0.15, 0.2) is 63.0 Å². The van der Waals surface area contributed by atoms with Gasteiger partial charge in [0.25, 0.3) is 0 Å². The van der Waals surface area contributed by atoms with E-state index in [1.165, 1.54) is 46.0 Å². The summed E-state index contributed by atoms with van der Waals surface area (Å²) < 4.78 is 29.2. The van der Waals surface area contributed by atoms with Crippen molar-refractivity contribution in [3.63, 3.8) is 0 Å². The molecule has 2 heterocycles. The second-order valence-corrected chi connectivity index (χ2v) is 13.4. The first kappa shape index (κ1) is 21.6. The molecule has 33 heavy (non-hydrogen) atoms. The van der Waals surface area contributed by atoms with Crippen LogP contribution in [0.25, 0.3) is 25.0 Å². The standard InChI is InChI=1S/C20H12N2O8SSe2/c23-13-5-11-17(7-15(13)25)32-21(19(11)27)9-1-3-10(4-2-9)31(29,30)22-20(28)12-6-14(24)16(26)8-18(12)33-22/h1-8,23-26H. The molecule has 0 saturated heterocycles. The average molecular weight is 598 g/mol. The fraction of sp³-hybridized carbons (Fsp3) is 0. The zero-order valence-electron chi connectivity index (χ0n) is 16.2. The molecule has 0 radical (unpaired) electrons. The number of aromatic hydroxyl groups is 4. The van der Waals surface area contributed by atoms with Crippen molar-refractivity contribution in [3.05, 3.63) is 69.2 Å². The van der Waals surface area contributed by atoms with Gasteiger partial charge in [0.05, 0.1) is 0 Å². The molecule has 0 spiro atoms. The zero-order chi connectivity index (χ0) is 23.7. The van der Waals surface area contributed by atoms with Crippen LogP contribution in [0.5, 0.6) is 23.0 Å². The summed E-state index contributed by atoms with van der Waals surface area (Å²) in [5, 5.41) is 38.9. The van der Waals surface area contributed by atoms with E-state index < -0.39 is 62.3 Å². The number of aromatic nitrogens is 2. The molecule has 10 nitrogen and oxygen atoms in total. The predicted molar refractivity (Wildman–Crippen MR) is 121 cm³/mol. The second-order valence-electron chi connectivity index (χ2n) is 6.99. The van der Waals surface area contributed by atoms with Gasteiger partial charge in [-0.2, -0.15) is 0 Å². The molecule has 0 saturated carbocycles. The Morgan fingerprint density at radius 2 is 1.15 bits per heavy atom. The van der Waals surface area contributed by atoms with Gasteiger partial charge in [-0.05, 0) is 0 Å². The summed E-state index contributed by atoms with van der Waals surface area (Å²) in [6.07, 6.45) is 0. The van der Waals surface area contributed by atoms with Crippen LogP contribution >= 0.6 is 0 Å². The molecule has 168 valence electrons. The Morgan fingerprint density at radius 3 is 1.73 bits per heavy atom. The number of phenols is 4. The van der Waals surface area contributed by atoms with Gasteiger partial charge in [-0.15, -0.1) is 0 Å². The Kier molecular flexibility index (Phi) is 4.85. The van der Waals surface area contributed by atoms with Crippen LogP contribution < -0.4 is 11.1 Å². The second kappa shape index (κ2) is 7.41. The first-order chi connectivity index (χ1) is 15.6. The van der Waals surface area contributed by atoms with Crippen molar-refractivity contribution in [1.82, 2.24) is 6.53 Å². The third-order valence-electron chi connectivity index (χ3n) is 4.92. The maximum atomic E-state index is 13.1. The number of benzene rings is 3. The number of rotatable bonds is 3. The number of phenolic OH excluding ortho intramolecular Hbond substituents is 4. The summed E-state index contributed by atoms with van der Waals surface area (Å²) in [7, 11) is -4.22. The minimum absolute atomic E-state index is 0.0140. The van der Waals surface area contributed by atoms with E-state index >= 15 is 0 Å². The summed E-state index contributed by atoms with van der Waals surface area (Å²) >= 11 is -1.49. The van der Waals surface area contributed by atoms with E-state index in [-0.39, 0.29) is 27.0 Å². The molecule has 3 aromatic carbocycles. The zero-order valence-corrected chi connectivity index (χ0v) is 20.4. The first-order valence-corrected chi connectivity index (χ1v) is 13.8. The van der Waals surface area contributed by atoms with Gasteiger partial charge in [0, 0.05) is 0 Å². The minimum atomic E-state index is -4.22. The molecule has 2 aromatic heterocycles. The van der Waals surface area contributed by atoms with Crippen molar-refractivity contribution in [2.45, 2.75) is 4.90 Å². The van der Waals surface area contributed by atoms with E-state index in [1.54, 1.807) is 0 Å². The van der Waals surface area contributed by atoms with Gasteiger partial charge in [0.15, 0.2) is 0 Å². The molecule has 0 aliphatic heterocycles. The quantitative estimate of drug-likeness (QED) is 0.173. The van der Waals surface area contributed by atoms with Crippen LogP contribution in [0.1, 0.15) is 0 Å². The molecule has 0 aliphatic carbocycles. The van der Waals surface area contributed by atoms with Crippen LogP contribution in [0.4, 0.5) is 0 Å². The van der Waals surface area contributed by atoms with Crippen molar-refractivity contribution < 1.29 is 28.8 Å². The SMILES string of the molecule is O=c1c2cc(O)c(O)cc2[se]n1-c1ccc(S(=O)(=O)n2[se]c3cc(O)c(O)cc3c2=O)cc1. The van der Waals surface area contributed by atoms with Crippen LogP contribution in [0, 0.1) is 0 Å². The van der Waals surface area contributed by atoms with Crippen LogP contribution in [0.3, 0.4) is 0 Å². The van der Waals surface area contributed by atoms with E-state index in [0.29, 0.717) is 17.2 Å². The summed E-state index contributed by atoms with van der Waals surface area (Å²) in [5.41, 5.74) is -0.757. The van der Waals surface area contributed by atoms with Gasteiger partial charge < -0.3 is 0 Å². The van der Waals surface area contributed by atoms with Gasteiger partial charge in [0.2, 0.25) is 0 Å². The third-order valence-corrected chi connectivity index (χ3v) is 12.1. The molecule has 4 N–H and O–H groups in total. The number of hydrogen-bond acceptors (Lipinski definition) is 8. The van der Waals surface area contributed by atoms with E-state index in [0.717, 1.165) is 6.07 Å². The Balaban J connectivity index is 1.59. The molecule has 0 atom stereocenters. The molecule has 13 heteroatoms. The van der Waals surface area contributed by atoms with Crippen LogP contribution in [-0.2, 0) is 10.0 Å². The molecule has 0 amide bonds. The molecular formula is C20H12N2O8SSe2. The fourth-order valence-corrected chi connectivity index (χ4v) is 9.66. The third kappa shape index (κ3) is 3.33.